The Hall–Kier alpha value is -1.07. The maximum atomic E-state index is 5.72. The lowest BCUT2D eigenvalue weighted by Gasteiger charge is -2.29. The molecule has 2 rings (SSSR count). The molecular weight excluding hydrogens is 264 g/mol. The molecule has 0 aliphatic carbocycles. The summed E-state index contributed by atoms with van der Waals surface area (Å²) in [7, 11) is 4.20. The van der Waals surface area contributed by atoms with Crippen LogP contribution in [-0.4, -0.2) is 42.1 Å². The maximum Gasteiger partial charge on any atom is 0.131 e. The van der Waals surface area contributed by atoms with Gasteiger partial charge in [-0.05, 0) is 32.7 Å². The lowest BCUT2D eigenvalue weighted by molar-refractivity contribution is 0.118. The van der Waals surface area contributed by atoms with E-state index in [1.165, 1.54) is 11.4 Å². The maximum absolute atomic E-state index is 5.72. The summed E-state index contributed by atoms with van der Waals surface area (Å²) >= 11 is 0. The summed E-state index contributed by atoms with van der Waals surface area (Å²) < 4.78 is 7.73. The van der Waals surface area contributed by atoms with Crippen molar-refractivity contribution in [2.45, 2.75) is 52.8 Å². The van der Waals surface area contributed by atoms with Crippen molar-refractivity contribution in [1.82, 2.24) is 15.1 Å². The summed E-state index contributed by atoms with van der Waals surface area (Å²) in [6.45, 7) is 11.5. The number of likely N-dealkylation sites (N-methyl/N-ethyl adjacent to an activating group) is 1. The number of aryl methyl sites for hydroxylation is 2. The van der Waals surface area contributed by atoms with Crippen molar-refractivity contribution in [3.05, 3.63) is 11.3 Å². The number of hydrogen-bond acceptors (Lipinski definition) is 4. The topological polar surface area (TPSA) is 42.3 Å². The smallest absolute Gasteiger partial charge is 0.131 e. The van der Waals surface area contributed by atoms with E-state index in [2.05, 4.69) is 50.1 Å². The van der Waals surface area contributed by atoms with Gasteiger partial charge in [0.15, 0.2) is 0 Å². The number of ether oxygens (including phenoxy) is 1. The van der Waals surface area contributed by atoms with Crippen molar-refractivity contribution in [2.75, 3.05) is 25.1 Å². The summed E-state index contributed by atoms with van der Waals surface area (Å²) in [5, 5.41) is 8.16. The van der Waals surface area contributed by atoms with E-state index in [-0.39, 0.29) is 6.10 Å². The van der Waals surface area contributed by atoms with Crippen LogP contribution in [0.25, 0.3) is 0 Å². The van der Waals surface area contributed by atoms with E-state index in [0.717, 1.165) is 31.8 Å². The molecule has 120 valence electrons. The Bertz CT molecular complexity index is 469. The molecule has 1 aromatic heterocycles. The van der Waals surface area contributed by atoms with Crippen LogP contribution in [0, 0.1) is 12.8 Å². The molecule has 0 bridgehead atoms. The largest absolute Gasteiger partial charge is 0.376 e. The summed E-state index contributed by atoms with van der Waals surface area (Å²) in [6, 6.07) is 0.434. The number of aromatic nitrogens is 2. The van der Waals surface area contributed by atoms with Crippen molar-refractivity contribution in [3.8, 4) is 0 Å². The lowest BCUT2D eigenvalue weighted by atomic mass is 10.1. The van der Waals surface area contributed by atoms with E-state index in [0.29, 0.717) is 12.0 Å². The minimum absolute atomic E-state index is 0.279. The minimum atomic E-state index is 0.279. The number of nitrogens with zero attached hydrogens (tertiary/aromatic N) is 3. The van der Waals surface area contributed by atoms with Crippen molar-refractivity contribution in [3.63, 3.8) is 0 Å². The molecule has 1 saturated heterocycles. The van der Waals surface area contributed by atoms with E-state index >= 15 is 0 Å². The van der Waals surface area contributed by atoms with Gasteiger partial charge in [-0.3, -0.25) is 4.68 Å². The first-order valence-electron chi connectivity index (χ1n) is 7.99. The van der Waals surface area contributed by atoms with Gasteiger partial charge in [0.25, 0.3) is 0 Å². The lowest BCUT2D eigenvalue weighted by Crippen LogP contribution is -2.38. The molecule has 1 fully saturated rings. The van der Waals surface area contributed by atoms with Gasteiger partial charge in [0.2, 0.25) is 0 Å². The number of anilines is 1. The standard InChI is InChI=1S/C16H30N4O/c1-11(2)9-17-10-14-12(3)18-20(6)16(14)19(5)15-7-8-21-13(15)4/h11,13,15,17H,7-10H2,1-6H3. The molecule has 21 heavy (non-hydrogen) atoms. The van der Waals surface area contributed by atoms with Gasteiger partial charge in [0.1, 0.15) is 5.82 Å². The molecule has 2 atom stereocenters. The van der Waals surface area contributed by atoms with Crippen LogP contribution in [0.5, 0.6) is 0 Å². The quantitative estimate of drug-likeness (QED) is 0.872. The molecule has 0 saturated carbocycles. The highest BCUT2D eigenvalue weighted by atomic mass is 16.5. The SMILES string of the molecule is Cc1nn(C)c(N(C)C2CCOC2C)c1CNCC(C)C. The molecule has 0 spiro atoms. The Morgan fingerprint density at radius 3 is 2.76 bits per heavy atom. The van der Waals surface area contributed by atoms with Gasteiger partial charge in [0.05, 0.1) is 17.8 Å². The first kappa shape index (κ1) is 16.3. The van der Waals surface area contributed by atoms with Crippen LogP contribution in [-0.2, 0) is 18.3 Å². The van der Waals surface area contributed by atoms with Gasteiger partial charge in [-0.2, -0.15) is 5.10 Å². The van der Waals surface area contributed by atoms with Crippen LogP contribution in [0.4, 0.5) is 5.82 Å². The highest BCUT2D eigenvalue weighted by Gasteiger charge is 2.31. The predicted octanol–water partition coefficient (Wildman–Crippen LogP) is 2.09. The third kappa shape index (κ3) is 3.58. The number of rotatable bonds is 6. The van der Waals surface area contributed by atoms with Crippen LogP contribution < -0.4 is 10.2 Å². The molecule has 0 aromatic carbocycles. The van der Waals surface area contributed by atoms with Gasteiger partial charge in [-0.25, -0.2) is 0 Å². The van der Waals surface area contributed by atoms with E-state index in [1.54, 1.807) is 0 Å². The predicted molar refractivity (Wildman–Crippen MR) is 86.7 cm³/mol. The van der Waals surface area contributed by atoms with E-state index in [1.807, 2.05) is 11.7 Å². The molecule has 1 aliphatic rings. The molecule has 1 N–H and O–H groups in total. The second-order valence-corrected chi connectivity index (χ2v) is 6.58. The fourth-order valence-corrected chi connectivity index (χ4v) is 3.21. The van der Waals surface area contributed by atoms with Gasteiger partial charge >= 0.3 is 0 Å². The summed E-state index contributed by atoms with van der Waals surface area (Å²) in [5.41, 5.74) is 2.42. The third-order valence-electron chi connectivity index (χ3n) is 4.34. The molecule has 0 amide bonds. The van der Waals surface area contributed by atoms with Crippen LogP contribution >= 0.6 is 0 Å². The zero-order valence-electron chi connectivity index (χ0n) is 14.3. The number of nitrogens with one attached hydrogen (secondary N) is 1. The summed E-state index contributed by atoms with van der Waals surface area (Å²) in [5.74, 6) is 1.87. The van der Waals surface area contributed by atoms with E-state index < -0.39 is 0 Å². The van der Waals surface area contributed by atoms with E-state index in [9.17, 15) is 0 Å². The van der Waals surface area contributed by atoms with Crippen LogP contribution in [0.1, 0.15) is 38.4 Å². The van der Waals surface area contributed by atoms with Gasteiger partial charge in [0, 0.05) is 32.8 Å². The van der Waals surface area contributed by atoms with Crippen LogP contribution in [0.2, 0.25) is 0 Å². The number of hydrogen-bond donors (Lipinski definition) is 1. The second kappa shape index (κ2) is 6.79. The van der Waals surface area contributed by atoms with E-state index in [4.69, 9.17) is 4.74 Å². The second-order valence-electron chi connectivity index (χ2n) is 6.58. The first-order chi connectivity index (χ1) is 9.91. The average molecular weight is 294 g/mol. The van der Waals surface area contributed by atoms with Crippen LogP contribution in [0.3, 0.4) is 0 Å². The molecule has 0 radical (unpaired) electrons. The third-order valence-corrected chi connectivity index (χ3v) is 4.34. The molecule has 1 aromatic rings. The van der Waals surface area contributed by atoms with Gasteiger partial charge < -0.3 is 15.0 Å². The van der Waals surface area contributed by atoms with Crippen molar-refractivity contribution >= 4 is 5.82 Å². The molecule has 2 unspecified atom stereocenters. The van der Waals surface area contributed by atoms with Gasteiger partial charge in [-0.15, -0.1) is 0 Å². The zero-order chi connectivity index (χ0) is 15.6. The average Bonchev–Trinajstić information content (AvgIpc) is 2.93. The van der Waals surface area contributed by atoms with Crippen molar-refractivity contribution in [2.24, 2.45) is 13.0 Å². The Balaban J connectivity index is 2.17. The fourth-order valence-electron chi connectivity index (χ4n) is 3.21. The monoisotopic (exact) mass is 294 g/mol. The summed E-state index contributed by atoms with van der Waals surface area (Å²) in [4.78, 5) is 2.35. The van der Waals surface area contributed by atoms with Crippen molar-refractivity contribution < 1.29 is 4.74 Å². The van der Waals surface area contributed by atoms with Crippen LogP contribution in [0.15, 0.2) is 0 Å². The molecule has 1 aliphatic heterocycles. The first-order valence-corrected chi connectivity index (χ1v) is 7.99. The molecule has 2 heterocycles. The zero-order valence-corrected chi connectivity index (χ0v) is 14.3. The molecular formula is C16H30N4O. The molecule has 5 nitrogen and oxygen atoms in total. The van der Waals surface area contributed by atoms with Gasteiger partial charge in [-0.1, -0.05) is 13.8 Å². The minimum Gasteiger partial charge on any atom is -0.376 e. The Morgan fingerprint density at radius 2 is 2.19 bits per heavy atom. The fraction of sp³-hybridized carbons (Fsp3) is 0.812. The Morgan fingerprint density at radius 1 is 1.48 bits per heavy atom. The normalized spacial score (nSPS) is 22.2. The highest BCUT2D eigenvalue weighted by molar-refractivity contribution is 5.50. The summed E-state index contributed by atoms with van der Waals surface area (Å²) in [6.07, 6.45) is 1.36. The Labute approximate surface area is 128 Å². The highest BCUT2D eigenvalue weighted by Crippen LogP contribution is 2.28. The molecule has 5 heteroatoms. The Kier molecular flexibility index (Phi) is 5.27. The van der Waals surface area contributed by atoms with Crippen molar-refractivity contribution in [1.29, 1.82) is 0 Å².